The molecule has 5 nitrogen and oxygen atoms in total. The molecule has 1 N–H and O–H groups in total. The van der Waals surface area contributed by atoms with Gasteiger partial charge in [0.05, 0.1) is 0 Å². The molecule has 1 saturated heterocycles. The monoisotopic (exact) mass is 269 g/mol. The van der Waals surface area contributed by atoms with E-state index in [-0.39, 0.29) is 0 Å². The van der Waals surface area contributed by atoms with Gasteiger partial charge in [-0.15, -0.1) is 0 Å². The number of aryl methyl sites for hydroxylation is 1. The largest absolute Gasteiger partial charge is 0.356 e. The highest BCUT2D eigenvalue weighted by Crippen LogP contribution is 2.32. The molecule has 1 fully saturated rings. The van der Waals surface area contributed by atoms with Gasteiger partial charge in [0, 0.05) is 42.2 Å². The Morgan fingerprint density at radius 2 is 2.20 bits per heavy atom. The van der Waals surface area contributed by atoms with Crippen LogP contribution in [0.5, 0.6) is 0 Å². The van der Waals surface area contributed by atoms with Gasteiger partial charge in [0.2, 0.25) is 0 Å². The number of hydrogen-bond acceptors (Lipinski definition) is 4. The first-order valence-electron chi connectivity index (χ1n) is 7.49. The average molecular weight is 269 g/mol. The highest BCUT2D eigenvalue weighted by molar-refractivity contribution is 5.51. The Morgan fingerprint density at radius 1 is 1.20 bits per heavy atom. The molecular formula is C15H19N5. The molecule has 2 aromatic heterocycles. The normalized spacial score (nSPS) is 22.0. The summed E-state index contributed by atoms with van der Waals surface area (Å²) in [5.74, 6) is 1.72. The molecule has 0 saturated carbocycles. The number of H-pyrrole nitrogens is 1. The number of rotatable bonds is 2. The predicted octanol–water partition coefficient (Wildman–Crippen LogP) is 2.07. The molecule has 1 atom stereocenters. The van der Waals surface area contributed by atoms with Crippen LogP contribution in [0.25, 0.3) is 0 Å². The van der Waals surface area contributed by atoms with Gasteiger partial charge in [-0.2, -0.15) is 5.10 Å². The minimum atomic E-state index is 0.540. The molecule has 2 aliphatic rings. The Morgan fingerprint density at radius 3 is 3.10 bits per heavy atom. The van der Waals surface area contributed by atoms with Gasteiger partial charge in [-0.05, 0) is 38.2 Å². The van der Waals surface area contributed by atoms with Crippen molar-refractivity contribution in [1.29, 1.82) is 0 Å². The lowest BCUT2D eigenvalue weighted by Crippen LogP contribution is -2.35. The summed E-state index contributed by atoms with van der Waals surface area (Å²) in [4.78, 5) is 11.5. The van der Waals surface area contributed by atoms with Crippen LogP contribution in [0.3, 0.4) is 0 Å². The van der Waals surface area contributed by atoms with Gasteiger partial charge in [0.1, 0.15) is 12.1 Å². The van der Waals surface area contributed by atoms with E-state index in [0.29, 0.717) is 5.92 Å². The van der Waals surface area contributed by atoms with Crippen LogP contribution in [0.4, 0.5) is 5.82 Å². The van der Waals surface area contributed by atoms with Crippen LogP contribution in [0.1, 0.15) is 42.1 Å². The minimum Gasteiger partial charge on any atom is -0.356 e. The lowest BCUT2D eigenvalue weighted by atomic mass is 9.94. The molecule has 1 aliphatic heterocycles. The summed E-state index contributed by atoms with van der Waals surface area (Å²) in [6, 6.07) is 2.10. The molecule has 0 spiro atoms. The lowest BCUT2D eigenvalue weighted by Gasteiger charge is -2.34. The van der Waals surface area contributed by atoms with Gasteiger partial charge in [-0.1, -0.05) is 0 Å². The van der Waals surface area contributed by atoms with Crippen molar-refractivity contribution < 1.29 is 0 Å². The topological polar surface area (TPSA) is 57.7 Å². The van der Waals surface area contributed by atoms with E-state index in [4.69, 9.17) is 0 Å². The minimum absolute atomic E-state index is 0.540. The molecule has 20 heavy (non-hydrogen) atoms. The van der Waals surface area contributed by atoms with E-state index in [9.17, 15) is 0 Å². The van der Waals surface area contributed by atoms with E-state index in [1.54, 1.807) is 6.33 Å². The lowest BCUT2D eigenvalue weighted by molar-refractivity contribution is 0.497. The second-order valence-corrected chi connectivity index (χ2v) is 5.77. The second kappa shape index (κ2) is 4.89. The van der Waals surface area contributed by atoms with Crippen LogP contribution in [0, 0.1) is 0 Å². The smallest absolute Gasteiger partial charge is 0.135 e. The van der Waals surface area contributed by atoms with Gasteiger partial charge in [-0.3, -0.25) is 5.10 Å². The molecule has 104 valence electrons. The van der Waals surface area contributed by atoms with E-state index >= 15 is 0 Å². The van der Waals surface area contributed by atoms with Crippen molar-refractivity contribution in [2.45, 2.75) is 38.0 Å². The van der Waals surface area contributed by atoms with Gasteiger partial charge in [0.15, 0.2) is 0 Å². The molecular weight excluding hydrogens is 250 g/mol. The highest BCUT2D eigenvalue weighted by atomic mass is 15.2. The van der Waals surface area contributed by atoms with Crippen molar-refractivity contribution in [3.8, 4) is 0 Å². The third kappa shape index (κ3) is 1.97. The molecule has 0 aromatic carbocycles. The van der Waals surface area contributed by atoms with Crippen LogP contribution >= 0.6 is 0 Å². The first kappa shape index (κ1) is 11.9. The number of aromatic nitrogens is 4. The average Bonchev–Trinajstić information content (AvgIpc) is 3.18. The Labute approximate surface area is 118 Å². The SMILES string of the molecule is c1cc([C@H]2CCCN(c3ncnc4c3CCC4)C2)[nH]n1. The summed E-state index contributed by atoms with van der Waals surface area (Å²) in [7, 11) is 0. The Kier molecular flexibility index (Phi) is 2.90. The highest BCUT2D eigenvalue weighted by Gasteiger charge is 2.27. The Balaban J connectivity index is 1.61. The van der Waals surface area contributed by atoms with Crippen molar-refractivity contribution in [1.82, 2.24) is 20.2 Å². The predicted molar refractivity (Wildman–Crippen MR) is 76.8 cm³/mol. The maximum absolute atomic E-state index is 4.58. The van der Waals surface area contributed by atoms with Crippen LogP contribution in [0.2, 0.25) is 0 Å². The maximum Gasteiger partial charge on any atom is 0.135 e. The maximum atomic E-state index is 4.58. The quantitative estimate of drug-likeness (QED) is 0.906. The molecule has 0 bridgehead atoms. The van der Waals surface area contributed by atoms with Crippen LogP contribution in [-0.2, 0) is 12.8 Å². The van der Waals surface area contributed by atoms with Crippen molar-refractivity contribution in [2.75, 3.05) is 18.0 Å². The van der Waals surface area contributed by atoms with Crippen LogP contribution in [0.15, 0.2) is 18.6 Å². The summed E-state index contributed by atoms with van der Waals surface area (Å²) in [6.07, 6.45) is 9.49. The van der Waals surface area contributed by atoms with Gasteiger partial charge >= 0.3 is 0 Å². The molecule has 0 unspecified atom stereocenters. The first-order valence-corrected chi connectivity index (χ1v) is 7.49. The molecule has 0 amide bonds. The number of anilines is 1. The third-order valence-electron chi connectivity index (χ3n) is 4.54. The fourth-order valence-electron chi connectivity index (χ4n) is 3.53. The fraction of sp³-hybridized carbons (Fsp3) is 0.533. The number of nitrogens with one attached hydrogen (secondary N) is 1. The standard InChI is InChI=1S/C15H19N5/c1-4-12-14(5-1)16-10-17-15(12)20-8-2-3-11(9-20)13-6-7-18-19-13/h6-7,10-11H,1-5,8-9H2,(H,18,19)/t11-/m0/s1. The second-order valence-electron chi connectivity index (χ2n) is 5.77. The summed E-state index contributed by atoms with van der Waals surface area (Å²) >= 11 is 0. The van der Waals surface area contributed by atoms with Crippen LogP contribution < -0.4 is 4.90 Å². The van der Waals surface area contributed by atoms with E-state index in [1.807, 2.05) is 6.20 Å². The third-order valence-corrected chi connectivity index (χ3v) is 4.54. The summed E-state index contributed by atoms with van der Waals surface area (Å²) in [5.41, 5.74) is 3.90. The number of fused-ring (bicyclic) bond motifs is 1. The zero-order valence-electron chi connectivity index (χ0n) is 11.5. The van der Waals surface area contributed by atoms with Gasteiger partial charge < -0.3 is 4.90 Å². The number of hydrogen-bond donors (Lipinski definition) is 1. The molecule has 2 aromatic rings. The van der Waals surface area contributed by atoms with Gasteiger partial charge in [-0.25, -0.2) is 9.97 Å². The number of aromatic amines is 1. The summed E-state index contributed by atoms with van der Waals surface area (Å²) in [6.45, 7) is 2.14. The summed E-state index contributed by atoms with van der Waals surface area (Å²) in [5, 5.41) is 7.21. The van der Waals surface area contributed by atoms with Crippen LogP contribution in [-0.4, -0.2) is 33.3 Å². The van der Waals surface area contributed by atoms with E-state index in [2.05, 4.69) is 31.1 Å². The fourth-order valence-corrected chi connectivity index (χ4v) is 3.53. The molecule has 4 rings (SSSR count). The molecule has 1 aliphatic carbocycles. The van der Waals surface area contributed by atoms with Crippen molar-refractivity contribution >= 4 is 5.82 Å². The number of piperidine rings is 1. The van der Waals surface area contributed by atoms with E-state index in [1.165, 1.54) is 42.0 Å². The zero-order chi connectivity index (χ0) is 13.4. The van der Waals surface area contributed by atoms with E-state index < -0.39 is 0 Å². The Hall–Kier alpha value is -1.91. The van der Waals surface area contributed by atoms with Gasteiger partial charge in [0.25, 0.3) is 0 Å². The number of nitrogens with zero attached hydrogens (tertiary/aromatic N) is 4. The van der Waals surface area contributed by atoms with E-state index in [0.717, 1.165) is 25.9 Å². The summed E-state index contributed by atoms with van der Waals surface area (Å²) < 4.78 is 0. The Bertz CT molecular complexity index is 592. The van der Waals surface area contributed by atoms with Crippen molar-refractivity contribution in [2.24, 2.45) is 0 Å². The first-order chi connectivity index (χ1) is 9.92. The van der Waals surface area contributed by atoms with Crippen molar-refractivity contribution in [3.05, 3.63) is 35.5 Å². The molecule has 3 heterocycles. The van der Waals surface area contributed by atoms with Crippen molar-refractivity contribution in [3.63, 3.8) is 0 Å². The molecule has 5 heteroatoms. The zero-order valence-corrected chi connectivity index (χ0v) is 11.5. The molecule has 0 radical (unpaired) electrons.